The Morgan fingerprint density at radius 1 is 0.789 bits per heavy atom. The lowest BCUT2D eigenvalue weighted by Gasteiger charge is -2.34. The van der Waals surface area contributed by atoms with Gasteiger partial charge in [0, 0.05) is 0 Å². The molecule has 0 radical (unpaired) electrons. The van der Waals surface area contributed by atoms with Gasteiger partial charge in [0.15, 0.2) is 0 Å². The van der Waals surface area contributed by atoms with Crippen molar-refractivity contribution in [2.75, 3.05) is 0 Å². The lowest BCUT2D eigenvalue weighted by Crippen LogP contribution is -2.20. The number of hydrogen-bond donors (Lipinski definition) is 0. The SMILES string of the molecule is CCC(CC)(CC)CCCCCC1(C)CCCCC1. The molecule has 0 aromatic rings. The van der Waals surface area contributed by atoms with Crippen molar-refractivity contribution in [1.82, 2.24) is 0 Å². The Balaban J connectivity index is 2.16. The summed E-state index contributed by atoms with van der Waals surface area (Å²) in [4.78, 5) is 0. The van der Waals surface area contributed by atoms with Gasteiger partial charge in [-0.2, -0.15) is 0 Å². The van der Waals surface area contributed by atoms with E-state index in [-0.39, 0.29) is 0 Å². The summed E-state index contributed by atoms with van der Waals surface area (Å²) in [6.45, 7) is 9.70. The molecule has 19 heavy (non-hydrogen) atoms. The molecule has 0 saturated heterocycles. The second kappa shape index (κ2) is 8.32. The molecular weight excluding hydrogens is 228 g/mol. The van der Waals surface area contributed by atoms with E-state index in [1.54, 1.807) is 0 Å². The number of rotatable bonds is 9. The van der Waals surface area contributed by atoms with Crippen LogP contribution >= 0.6 is 0 Å². The second-order valence-electron chi connectivity index (χ2n) is 7.49. The van der Waals surface area contributed by atoms with E-state index in [4.69, 9.17) is 0 Å². The maximum absolute atomic E-state index is 2.54. The van der Waals surface area contributed by atoms with Gasteiger partial charge in [-0.25, -0.2) is 0 Å². The van der Waals surface area contributed by atoms with Gasteiger partial charge < -0.3 is 0 Å². The van der Waals surface area contributed by atoms with Crippen molar-refractivity contribution in [3.8, 4) is 0 Å². The van der Waals surface area contributed by atoms with E-state index in [0.717, 1.165) is 0 Å². The molecule has 1 fully saturated rings. The van der Waals surface area contributed by atoms with E-state index in [1.165, 1.54) is 83.5 Å². The predicted octanol–water partition coefficient (Wildman–Crippen LogP) is 7.12. The van der Waals surface area contributed by atoms with Crippen LogP contribution in [-0.4, -0.2) is 0 Å². The fourth-order valence-electron chi connectivity index (χ4n) is 4.16. The molecule has 0 N–H and O–H groups in total. The van der Waals surface area contributed by atoms with Crippen molar-refractivity contribution in [3.63, 3.8) is 0 Å². The zero-order valence-corrected chi connectivity index (χ0v) is 14.2. The molecule has 0 heterocycles. The van der Waals surface area contributed by atoms with E-state index in [1.807, 2.05) is 0 Å². The molecule has 0 heteroatoms. The first-order valence-corrected chi connectivity index (χ1v) is 9.10. The van der Waals surface area contributed by atoms with E-state index in [9.17, 15) is 0 Å². The van der Waals surface area contributed by atoms with Crippen molar-refractivity contribution in [2.45, 2.75) is 111 Å². The Kier molecular flexibility index (Phi) is 7.47. The maximum atomic E-state index is 2.54. The average molecular weight is 267 g/mol. The highest BCUT2D eigenvalue weighted by molar-refractivity contribution is 4.79. The average Bonchev–Trinajstić information content (AvgIpc) is 2.44. The molecule has 0 bridgehead atoms. The van der Waals surface area contributed by atoms with Crippen LogP contribution < -0.4 is 0 Å². The smallest absolute Gasteiger partial charge is 0.0305 e. The number of hydrogen-bond acceptors (Lipinski definition) is 0. The van der Waals surface area contributed by atoms with Crippen molar-refractivity contribution < 1.29 is 0 Å². The molecule has 0 nitrogen and oxygen atoms in total. The predicted molar refractivity (Wildman–Crippen MR) is 87.6 cm³/mol. The highest BCUT2D eigenvalue weighted by atomic mass is 14.3. The summed E-state index contributed by atoms with van der Waals surface area (Å²) in [5, 5.41) is 0. The topological polar surface area (TPSA) is 0 Å². The molecular formula is C19H38. The number of unbranched alkanes of at least 4 members (excludes halogenated alkanes) is 2. The van der Waals surface area contributed by atoms with Crippen LogP contribution in [0.1, 0.15) is 111 Å². The van der Waals surface area contributed by atoms with Crippen LogP contribution in [0.25, 0.3) is 0 Å². The standard InChI is InChI=1S/C19H38/c1-5-19(6-2,7-3)17-13-9-12-16-18(4)14-10-8-11-15-18/h5-17H2,1-4H3. The third-order valence-corrected chi connectivity index (χ3v) is 6.30. The van der Waals surface area contributed by atoms with Gasteiger partial charge in [-0.15, -0.1) is 0 Å². The molecule has 0 aliphatic heterocycles. The maximum Gasteiger partial charge on any atom is -0.0305 e. The highest BCUT2D eigenvalue weighted by Crippen LogP contribution is 2.41. The fraction of sp³-hybridized carbons (Fsp3) is 1.00. The molecule has 1 rings (SSSR count). The summed E-state index contributed by atoms with van der Waals surface area (Å²) in [6.07, 6.45) is 18.9. The Labute approximate surface area is 122 Å². The van der Waals surface area contributed by atoms with Crippen LogP contribution in [0.5, 0.6) is 0 Å². The minimum Gasteiger partial charge on any atom is -0.0649 e. The van der Waals surface area contributed by atoms with Gasteiger partial charge in [0.05, 0.1) is 0 Å². The van der Waals surface area contributed by atoms with Crippen molar-refractivity contribution >= 4 is 0 Å². The summed E-state index contributed by atoms with van der Waals surface area (Å²) < 4.78 is 0. The Morgan fingerprint density at radius 2 is 1.37 bits per heavy atom. The molecule has 1 aliphatic rings. The largest absolute Gasteiger partial charge is 0.0649 e. The molecule has 0 aromatic carbocycles. The molecule has 0 unspecified atom stereocenters. The first-order valence-electron chi connectivity index (χ1n) is 9.10. The van der Waals surface area contributed by atoms with Crippen LogP contribution in [0.15, 0.2) is 0 Å². The van der Waals surface area contributed by atoms with Crippen LogP contribution in [0.2, 0.25) is 0 Å². The monoisotopic (exact) mass is 266 g/mol. The molecule has 0 aromatic heterocycles. The summed E-state index contributed by atoms with van der Waals surface area (Å²) in [5.74, 6) is 0. The van der Waals surface area contributed by atoms with Gasteiger partial charge in [0.1, 0.15) is 0 Å². The Morgan fingerprint density at radius 3 is 1.89 bits per heavy atom. The third kappa shape index (κ3) is 5.48. The van der Waals surface area contributed by atoms with Crippen molar-refractivity contribution in [1.29, 1.82) is 0 Å². The van der Waals surface area contributed by atoms with E-state index in [2.05, 4.69) is 27.7 Å². The quantitative estimate of drug-likeness (QED) is 0.390. The van der Waals surface area contributed by atoms with Crippen LogP contribution in [0, 0.1) is 10.8 Å². The van der Waals surface area contributed by atoms with Crippen molar-refractivity contribution in [3.05, 3.63) is 0 Å². The molecule has 114 valence electrons. The van der Waals surface area contributed by atoms with Gasteiger partial charge in [-0.05, 0) is 36.5 Å². The molecule has 1 saturated carbocycles. The van der Waals surface area contributed by atoms with Gasteiger partial charge >= 0.3 is 0 Å². The Hall–Kier alpha value is 0. The minimum atomic E-state index is 0.661. The van der Waals surface area contributed by atoms with Crippen molar-refractivity contribution in [2.24, 2.45) is 10.8 Å². The first kappa shape index (κ1) is 17.1. The van der Waals surface area contributed by atoms with E-state index in [0.29, 0.717) is 10.8 Å². The molecule has 1 aliphatic carbocycles. The Bertz CT molecular complexity index is 210. The summed E-state index contributed by atoms with van der Waals surface area (Å²) in [7, 11) is 0. The molecule has 0 atom stereocenters. The fourth-order valence-corrected chi connectivity index (χ4v) is 4.16. The summed E-state index contributed by atoms with van der Waals surface area (Å²) in [6, 6.07) is 0. The molecule has 0 spiro atoms. The van der Waals surface area contributed by atoms with Gasteiger partial charge in [0.25, 0.3) is 0 Å². The van der Waals surface area contributed by atoms with Crippen LogP contribution in [0.4, 0.5) is 0 Å². The zero-order valence-electron chi connectivity index (χ0n) is 14.2. The van der Waals surface area contributed by atoms with E-state index < -0.39 is 0 Å². The highest BCUT2D eigenvalue weighted by Gasteiger charge is 2.26. The first-order chi connectivity index (χ1) is 9.10. The minimum absolute atomic E-state index is 0.661. The summed E-state index contributed by atoms with van der Waals surface area (Å²) in [5.41, 5.74) is 1.37. The molecule has 0 amide bonds. The van der Waals surface area contributed by atoms with E-state index >= 15 is 0 Å². The lowest BCUT2D eigenvalue weighted by atomic mass is 9.72. The lowest BCUT2D eigenvalue weighted by molar-refractivity contribution is 0.186. The summed E-state index contributed by atoms with van der Waals surface area (Å²) >= 11 is 0. The van der Waals surface area contributed by atoms with Crippen LogP contribution in [-0.2, 0) is 0 Å². The van der Waals surface area contributed by atoms with Gasteiger partial charge in [-0.1, -0.05) is 85.5 Å². The zero-order chi connectivity index (χ0) is 14.2. The second-order valence-corrected chi connectivity index (χ2v) is 7.49. The normalized spacial score (nSPS) is 19.6. The van der Waals surface area contributed by atoms with Crippen LogP contribution in [0.3, 0.4) is 0 Å². The van der Waals surface area contributed by atoms with Gasteiger partial charge in [0.2, 0.25) is 0 Å². The van der Waals surface area contributed by atoms with Gasteiger partial charge in [-0.3, -0.25) is 0 Å². The third-order valence-electron chi connectivity index (χ3n) is 6.30.